The van der Waals surface area contributed by atoms with Crippen LogP contribution in [0.15, 0.2) is 42.5 Å². The Labute approximate surface area is 144 Å². The molecule has 0 radical (unpaired) electrons. The minimum atomic E-state index is -2.87. The second-order valence-corrected chi connectivity index (χ2v) is 5.82. The average Bonchev–Trinajstić information content (AvgIpc) is 2.57. The zero-order chi connectivity index (χ0) is 17.8. The maximum atomic E-state index is 12.3. The smallest absolute Gasteiger partial charge is 0.387 e. The van der Waals surface area contributed by atoms with Crippen LogP contribution in [0.5, 0.6) is 5.75 Å². The first-order valence-corrected chi connectivity index (χ1v) is 8.00. The van der Waals surface area contributed by atoms with E-state index in [0.29, 0.717) is 5.69 Å². The summed E-state index contributed by atoms with van der Waals surface area (Å²) in [6.07, 6.45) is 1.85. The first-order valence-electron chi connectivity index (χ1n) is 8.00. The Hall–Kier alpha value is -2.83. The molecule has 0 spiro atoms. The Bertz CT molecular complexity index is 750. The van der Waals surface area contributed by atoms with Crippen LogP contribution < -0.4 is 20.7 Å². The lowest BCUT2D eigenvalue weighted by Gasteiger charge is -2.31. The number of carbonyl (C=O) groups is 1. The lowest BCUT2D eigenvalue weighted by molar-refractivity contribution is -0.115. The van der Waals surface area contributed by atoms with Gasteiger partial charge in [0.1, 0.15) is 5.75 Å². The first-order chi connectivity index (χ1) is 12.0. The van der Waals surface area contributed by atoms with E-state index < -0.39 is 6.61 Å². The van der Waals surface area contributed by atoms with Crippen molar-refractivity contribution < 1.29 is 18.3 Å². The van der Waals surface area contributed by atoms with Crippen molar-refractivity contribution in [3.8, 4) is 5.75 Å². The molecule has 2 aromatic rings. The molecule has 3 N–H and O–H groups in total. The molecule has 2 aromatic carbocycles. The quantitative estimate of drug-likeness (QED) is 0.815. The van der Waals surface area contributed by atoms with Crippen molar-refractivity contribution in [2.75, 3.05) is 29.0 Å². The number of nitrogens with two attached hydrogens (primary N) is 1. The number of halogens is 2. The fourth-order valence-corrected chi connectivity index (χ4v) is 2.99. The van der Waals surface area contributed by atoms with Gasteiger partial charge in [-0.2, -0.15) is 8.78 Å². The molecule has 0 aliphatic carbocycles. The molecular formula is C18H19F2N3O2. The van der Waals surface area contributed by atoms with E-state index in [4.69, 9.17) is 5.73 Å². The number of fused-ring (bicyclic) bond motifs is 1. The number of nitrogens with zero attached hydrogens (tertiary/aromatic N) is 1. The van der Waals surface area contributed by atoms with Gasteiger partial charge in [-0.25, -0.2) is 0 Å². The molecule has 132 valence electrons. The molecule has 1 aliphatic heterocycles. The van der Waals surface area contributed by atoms with Gasteiger partial charge in [-0.1, -0.05) is 6.07 Å². The lowest BCUT2D eigenvalue weighted by atomic mass is 10.00. The summed E-state index contributed by atoms with van der Waals surface area (Å²) in [7, 11) is 0. The zero-order valence-electron chi connectivity index (χ0n) is 13.5. The van der Waals surface area contributed by atoms with E-state index >= 15 is 0 Å². The third kappa shape index (κ3) is 4.17. The minimum absolute atomic E-state index is 0.0495. The van der Waals surface area contributed by atoms with Crippen LogP contribution in [0.4, 0.5) is 25.8 Å². The van der Waals surface area contributed by atoms with Crippen LogP contribution in [0.1, 0.15) is 12.0 Å². The largest absolute Gasteiger partial charge is 0.435 e. The summed E-state index contributed by atoms with van der Waals surface area (Å²) in [6.45, 7) is -1.89. The van der Waals surface area contributed by atoms with Gasteiger partial charge in [0.05, 0.1) is 6.54 Å². The van der Waals surface area contributed by atoms with Crippen molar-refractivity contribution >= 4 is 23.0 Å². The van der Waals surface area contributed by atoms with Gasteiger partial charge in [-0.15, -0.1) is 0 Å². The number of nitrogens with one attached hydrogen (secondary N) is 1. The number of benzene rings is 2. The monoisotopic (exact) mass is 347 g/mol. The average molecular weight is 347 g/mol. The molecule has 7 heteroatoms. The molecule has 25 heavy (non-hydrogen) atoms. The Kier molecular flexibility index (Phi) is 5.02. The highest BCUT2D eigenvalue weighted by Gasteiger charge is 2.20. The first kappa shape index (κ1) is 17.0. The van der Waals surface area contributed by atoms with Crippen molar-refractivity contribution in [3.63, 3.8) is 0 Å². The summed E-state index contributed by atoms with van der Waals surface area (Å²) in [5.74, 6) is -0.133. The maximum Gasteiger partial charge on any atom is 0.387 e. The van der Waals surface area contributed by atoms with Crippen LogP contribution in [-0.2, 0) is 11.2 Å². The maximum absolute atomic E-state index is 12.3. The molecule has 0 atom stereocenters. The SMILES string of the molecule is Nc1cccc2c1CCCN2CC(=O)Nc1ccc(OC(F)F)cc1. The molecule has 1 heterocycles. The Morgan fingerprint density at radius 3 is 2.72 bits per heavy atom. The summed E-state index contributed by atoms with van der Waals surface area (Å²) in [5.41, 5.74) is 9.35. The lowest BCUT2D eigenvalue weighted by Crippen LogP contribution is -2.37. The van der Waals surface area contributed by atoms with Gasteiger partial charge in [0.25, 0.3) is 0 Å². The van der Waals surface area contributed by atoms with Crippen LogP contribution in [-0.4, -0.2) is 25.6 Å². The van der Waals surface area contributed by atoms with Crippen molar-refractivity contribution in [1.29, 1.82) is 0 Å². The summed E-state index contributed by atoms with van der Waals surface area (Å²) < 4.78 is 28.5. The second-order valence-electron chi connectivity index (χ2n) is 5.82. The van der Waals surface area contributed by atoms with Crippen molar-refractivity contribution in [2.45, 2.75) is 19.5 Å². The molecule has 3 rings (SSSR count). The molecule has 0 unspecified atom stereocenters. The molecule has 0 fully saturated rings. The van der Waals surface area contributed by atoms with Gasteiger partial charge in [-0.05, 0) is 54.8 Å². The van der Waals surface area contributed by atoms with Crippen molar-refractivity contribution in [1.82, 2.24) is 0 Å². The van der Waals surface area contributed by atoms with Gasteiger partial charge >= 0.3 is 6.61 Å². The number of nitrogen functional groups attached to an aromatic ring is 1. The number of rotatable bonds is 5. The summed E-state index contributed by atoms with van der Waals surface area (Å²) in [5, 5.41) is 2.76. The Morgan fingerprint density at radius 1 is 1.24 bits per heavy atom. The third-order valence-corrected chi connectivity index (χ3v) is 4.08. The van der Waals surface area contributed by atoms with E-state index in [1.807, 2.05) is 23.1 Å². The van der Waals surface area contributed by atoms with Gasteiger partial charge in [0.15, 0.2) is 0 Å². The predicted octanol–water partition coefficient (Wildman–Crippen LogP) is 3.26. The van der Waals surface area contributed by atoms with E-state index in [2.05, 4.69) is 10.1 Å². The van der Waals surface area contributed by atoms with E-state index in [0.717, 1.165) is 36.3 Å². The van der Waals surface area contributed by atoms with E-state index in [-0.39, 0.29) is 18.2 Å². The second kappa shape index (κ2) is 7.38. The van der Waals surface area contributed by atoms with Gasteiger partial charge in [0.2, 0.25) is 5.91 Å². The topological polar surface area (TPSA) is 67.6 Å². The summed E-state index contributed by atoms with van der Waals surface area (Å²) in [6, 6.07) is 11.5. The highest BCUT2D eigenvalue weighted by atomic mass is 19.3. The number of carbonyl (C=O) groups excluding carboxylic acids is 1. The Balaban J connectivity index is 1.63. The number of alkyl halides is 2. The van der Waals surface area contributed by atoms with Crippen LogP contribution >= 0.6 is 0 Å². The van der Waals surface area contributed by atoms with Gasteiger partial charge in [-0.3, -0.25) is 4.79 Å². The molecule has 1 amide bonds. The van der Waals surface area contributed by atoms with Crippen LogP contribution in [0, 0.1) is 0 Å². The zero-order valence-corrected chi connectivity index (χ0v) is 13.5. The van der Waals surface area contributed by atoms with Gasteiger partial charge in [0, 0.05) is 23.6 Å². The number of hydrogen-bond donors (Lipinski definition) is 2. The number of amides is 1. The summed E-state index contributed by atoms with van der Waals surface area (Å²) >= 11 is 0. The van der Waals surface area contributed by atoms with Crippen molar-refractivity contribution in [2.24, 2.45) is 0 Å². The molecule has 0 bridgehead atoms. The van der Waals surface area contributed by atoms with Crippen LogP contribution in [0.25, 0.3) is 0 Å². The van der Waals surface area contributed by atoms with E-state index in [1.54, 1.807) is 0 Å². The van der Waals surface area contributed by atoms with E-state index in [1.165, 1.54) is 24.3 Å². The normalized spacial score (nSPS) is 13.5. The Morgan fingerprint density at radius 2 is 2.00 bits per heavy atom. The number of anilines is 3. The predicted molar refractivity (Wildman–Crippen MR) is 93.1 cm³/mol. The molecule has 0 aromatic heterocycles. The minimum Gasteiger partial charge on any atom is -0.435 e. The van der Waals surface area contributed by atoms with Crippen LogP contribution in [0.2, 0.25) is 0 Å². The molecule has 0 saturated heterocycles. The molecule has 0 saturated carbocycles. The fourth-order valence-electron chi connectivity index (χ4n) is 2.99. The van der Waals surface area contributed by atoms with Crippen molar-refractivity contribution in [3.05, 3.63) is 48.0 Å². The molecule has 1 aliphatic rings. The standard InChI is InChI=1S/C18H19F2N3O2/c19-18(20)25-13-8-6-12(7-9-13)22-17(24)11-23-10-2-3-14-15(21)4-1-5-16(14)23/h1,4-9,18H,2-3,10-11,21H2,(H,22,24). The van der Waals surface area contributed by atoms with Gasteiger partial charge < -0.3 is 20.7 Å². The third-order valence-electron chi connectivity index (χ3n) is 4.08. The molecule has 5 nitrogen and oxygen atoms in total. The van der Waals surface area contributed by atoms with Crippen LogP contribution in [0.3, 0.4) is 0 Å². The number of ether oxygens (including phenoxy) is 1. The number of hydrogen-bond acceptors (Lipinski definition) is 4. The highest BCUT2D eigenvalue weighted by Crippen LogP contribution is 2.31. The fraction of sp³-hybridized carbons (Fsp3) is 0.278. The highest BCUT2D eigenvalue weighted by molar-refractivity contribution is 5.94. The molecular weight excluding hydrogens is 328 g/mol. The van der Waals surface area contributed by atoms with E-state index in [9.17, 15) is 13.6 Å². The summed E-state index contributed by atoms with van der Waals surface area (Å²) in [4.78, 5) is 14.3.